The lowest BCUT2D eigenvalue weighted by atomic mass is 10.2. The first-order valence-corrected chi connectivity index (χ1v) is 3.65. The Morgan fingerprint density at radius 3 is 2.83 bits per heavy atom. The summed E-state index contributed by atoms with van der Waals surface area (Å²) in [4.78, 5) is 16.2. The number of aryl methyl sites for hydroxylation is 1. The molecule has 0 fully saturated rings. The van der Waals surface area contributed by atoms with Gasteiger partial charge in [0.1, 0.15) is 0 Å². The van der Waals surface area contributed by atoms with Gasteiger partial charge in [0.2, 0.25) is 0 Å². The molecule has 0 saturated heterocycles. The van der Waals surface area contributed by atoms with E-state index in [2.05, 4.69) is 9.97 Å². The monoisotopic (exact) mass is 163 g/mol. The molecular weight excluding hydrogens is 154 g/mol. The lowest BCUT2D eigenvalue weighted by Crippen LogP contribution is -1.99. The Bertz CT molecular complexity index is 480. The van der Waals surface area contributed by atoms with Gasteiger partial charge in [0.25, 0.3) is 0 Å². The average molecular weight is 163 g/mol. The Balaban J connectivity index is 2.97. The molecule has 1 aromatic heterocycles. The fourth-order valence-electron chi connectivity index (χ4n) is 1.35. The maximum absolute atomic E-state index is 10.9. The number of nitrogen functional groups attached to an aromatic ring is 1. The number of aromatic amines is 2. The van der Waals surface area contributed by atoms with Gasteiger partial charge >= 0.3 is 5.69 Å². The van der Waals surface area contributed by atoms with Gasteiger partial charge in [-0.15, -0.1) is 0 Å². The van der Waals surface area contributed by atoms with Crippen LogP contribution < -0.4 is 11.4 Å². The number of benzene rings is 1. The number of hydrogen-bond donors (Lipinski definition) is 3. The van der Waals surface area contributed by atoms with E-state index in [1.54, 1.807) is 6.07 Å². The predicted molar refractivity (Wildman–Crippen MR) is 48.1 cm³/mol. The second-order valence-electron chi connectivity index (χ2n) is 2.84. The van der Waals surface area contributed by atoms with E-state index >= 15 is 0 Å². The molecule has 0 amide bonds. The maximum atomic E-state index is 10.9. The van der Waals surface area contributed by atoms with Crippen molar-refractivity contribution in [1.82, 2.24) is 9.97 Å². The van der Waals surface area contributed by atoms with Crippen LogP contribution >= 0.6 is 0 Å². The summed E-state index contributed by atoms with van der Waals surface area (Å²) < 4.78 is 0. The highest BCUT2D eigenvalue weighted by Gasteiger charge is 2.01. The molecule has 0 atom stereocenters. The van der Waals surface area contributed by atoms with Gasteiger partial charge < -0.3 is 15.7 Å². The Morgan fingerprint density at radius 1 is 1.33 bits per heavy atom. The molecule has 2 rings (SSSR count). The SMILES string of the molecule is Cc1cc(N)cc2[nH]c(=O)[nH]c12. The Morgan fingerprint density at radius 2 is 2.08 bits per heavy atom. The second-order valence-corrected chi connectivity index (χ2v) is 2.84. The van der Waals surface area contributed by atoms with E-state index in [1.165, 1.54) is 0 Å². The van der Waals surface area contributed by atoms with Crippen molar-refractivity contribution < 1.29 is 0 Å². The van der Waals surface area contributed by atoms with Crippen molar-refractivity contribution in [2.45, 2.75) is 6.92 Å². The van der Waals surface area contributed by atoms with Crippen LogP contribution in [0.4, 0.5) is 5.69 Å². The first-order chi connectivity index (χ1) is 5.66. The van der Waals surface area contributed by atoms with Gasteiger partial charge in [-0.1, -0.05) is 0 Å². The molecule has 4 N–H and O–H groups in total. The zero-order chi connectivity index (χ0) is 8.72. The normalized spacial score (nSPS) is 10.8. The van der Waals surface area contributed by atoms with Gasteiger partial charge in [-0.05, 0) is 24.6 Å². The van der Waals surface area contributed by atoms with Crippen LogP contribution in [0.3, 0.4) is 0 Å². The van der Waals surface area contributed by atoms with Crippen LogP contribution in [0, 0.1) is 6.92 Å². The molecule has 4 heteroatoms. The van der Waals surface area contributed by atoms with Crippen LogP contribution in [-0.2, 0) is 0 Å². The summed E-state index contributed by atoms with van der Waals surface area (Å²) in [5.41, 5.74) is 8.63. The third kappa shape index (κ3) is 0.887. The van der Waals surface area contributed by atoms with Crippen molar-refractivity contribution in [2.75, 3.05) is 5.73 Å². The van der Waals surface area contributed by atoms with Gasteiger partial charge in [0.15, 0.2) is 0 Å². The largest absolute Gasteiger partial charge is 0.399 e. The predicted octanol–water partition coefficient (Wildman–Crippen LogP) is 0.747. The van der Waals surface area contributed by atoms with E-state index < -0.39 is 0 Å². The van der Waals surface area contributed by atoms with E-state index in [9.17, 15) is 4.79 Å². The van der Waals surface area contributed by atoms with Crippen molar-refractivity contribution in [1.29, 1.82) is 0 Å². The zero-order valence-electron chi connectivity index (χ0n) is 6.64. The molecule has 62 valence electrons. The van der Waals surface area contributed by atoms with Gasteiger partial charge in [0.05, 0.1) is 11.0 Å². The third-order valence-corrected chi connectivity index (χ3v) is 1.84. The lowest BCUT2D eigenvalue weighted by molar-refractivity contribution is 1.21. The molecule has 0 bridgehead atoms. The molecular formula is C8H9N3O. The van der Waals surface area contributed by atoms with Crippen molar-refractivity contribution in [3.8, 4) is 0 Å². The smallest absolute Gasteiger partial charge is 0.323 e. The quantitative estimate of drug-likeness (QED) is 0.501. The minimum absolute atomic E-state index is 0.196. The van der Waals surface area contributed by atoms with E-state index in [0.29, 0.717) is 5.69 Å². The van der Waals surface area contributed by atoms with E-state index in [1.807, 2.05) is 13.0 Å². The number of aromatic nitrogens is 2. The zero-order valence-corrected chi connectivity index (χ0v) is 6.64. The number of fused-ring (bicyclic) bond motifs is 1. The standard InChI is InChI=1S/C8H9N3O/c1-4-2-5(9)3-6-7(4)11-8(12)10-6/h2-3H,9H2,1H3,(H2,10,11,12). The molecule has 0 aliphatic heterocycles. The topological polar surface area (TPSA) is 74.7 Å². The van der Waals surface area contributed by atoms with Gasteiger partial charge in [-0.2, -0.15) is 0 Å². The minimum atomic E-state index is -0.196. The van der Waals surface area contributed by atoms with Crippen molar-refractivity contribution in [2.24, 2.45) is 0 Å². The van der Waals surface area contributed by atoms with Gasteiger partial charge in [-0.3, -0.25) is 0 Å². The summed E-state index contributed by atoms with van der Waals surface area (Å²) in [5.74, 6) is 0. The number of nitrogens with two attached hydrogens (primary N) is 1. The number of anilines is 1. The van der Waals surface area contributed by atoms with Crippen LogP contribution in [0.5, 0.6) is 0 Å². The summed E-state index contributed by atoms with van der Waals surface area (Å²) in [5, 5.41) is 0. The van der Waals surface area contributed by atoms with Crippen LogP contribution in [0.15, 0.2) is 16.9 Å². The van der Waals surface area contributed by atoms with E-state index in [4.69, 9.17) is 5.73 Å². The highest BCUT2D eigenvalue weighted by atomic mass is 16.1. The molecule has 1 heterocycles. The minimum Gasteiger partial charge on any atom is -0.399 e. The van der Waals surface area contributed by atoms with Gasteiger partial charge in [-0.25, -0.2) is 4.79 Å². The highest BCUT2D eigenvalue weighted by molar-refractivity contribution is 5.81. The average Bonchev–Trinajstić information content (AvgIpc) is 2.29. The number of imidazole rings is 1. The van der Waals surface area contributed by atoms with Crippen molar-refractivity contribution in [3.05, 3.63) is 28.2 Å². The number of nitrogens with one attached hydrogen (secondary N) is 2. The summed E-state index contributed by atoms with van der Waals surface area (Å²) in [7, 11) is 0. The van der Waals surface area contributed by atoms with Crippen LogP contribution in [0.2, 0.25) is 0 Å². The molecule has 0 aliphatic carbocycles. The van der Waals surface area contributed by atoms with Crippen molar-refractivity contribution >= 4 is 16.7 Å². The summed E-state index contributed by atoms with van der Waals surface area (Å²) >= 11 is 0. The lowest BCUT2D eigenvalue weighted by Gasteiger charge is -1.96. The van der Waals surface area contributed by atoms with Crippen LogP contribution in [0.25, 0.3) is 11.0 Å². The fraction of sp³-hybridized carbons (Fsp3) is 0.125. The first kappa shape index (κ1) is 6.97. The third-order valence-electron chi connectivity index (χ3n) is 1.84. The Kier molecular flexibility index (Phi) is 1.24. The Labute approximate surface area is 68.4 Å². The van der Waals surface area contributed by atoms with Crippen molar-refractivity contribution in [3.63, 3.8) is 0 Å². The molecule has 0 spiro atoms. The Hall–Kier alpha value is -1.71. The van der Waals surface area contributed by atoms with E-state index in [0.717, 1.165) is 16.6 Å². The molecule has 0 aliphatic rings. The molecule has 1 aromatic carbocycles. The first-order valence-electron chi connectivity index (χ1n) is 3.65. The molecule has 4 nitrogen and oxygen atoms in total. The molecule has 0 unspecified atom stereocenters. The summed E-state index contributed by atoms with van der Waals surface area (Å²) in [6.45, 7) is 1.91. The summed E-state index contributed by atoms with van der Waals surface area (Å²) in [6, 6.07) is 3.56. The summed E-state index contributed by atoms with van der Waals surface area (Å²) in [6.07, 6.45) is 0. The number of hydrogen-bond acceptors (Lipinski definition) is 2. The molecule has 2 aromatic rings. The van der Waals surface area contributed by atoms with Crippen LogP contribution in [-0.4, -0.2) is 9.97 Å². The molecule has 0 radical (unpaired) electrons. The molecule has 12 heavy (non-hydrogen) atoms. The van der Waals surface area contributed by atoms with Crippen LogP contribution in [0.1, 0.15) is 5.56 Å². The maximum Gasteiger partial charge on any atom is 0.323 e. The number of rotatable bonds is 0. The number of H-pyrrole nitrogens is 2. The van der Waals surface area contributed by atoms with Gasteiger partial charge in [0, 0.05) is 5.69 Å². The molecule has 0 saturated carbocycles. The second kappa shape index (κ2) is 2.14. The van der Waals surface area contributed by atoms with E-state index in [-0.39, 0.29) is 5.69 Å². The fourth-order valence-corrected chi connectivity index (χ4v) is 1.35. The highest BCUT2D eigenvalue weighted by Crippen LogP contribution is 2.16.